The molecule has 2 fully saturated rings. The number of aliphatic hydroxyl groups is 1. The predicted octanol–water partition coefficient (Wildman–Crippen LogP) is 2.14. The van der Waals surface area contributed by atoms with E-state index in [2.05, 4.69) is 15.3 Å². The molecule has 0 radical (unpaired) electrons. The molecule has 2 aliphatic rings. The van der Waals surface area contributed by atoms with Crippen molar-refractivity contribution in [3.63, 3.8) is 0 Å². The Hall–Kier alpha value is -2.56. The molecule has 2 saturated heterocycles. The Balaban J connectivity index is 1.48. The third-order valence-electron chi connectivity index (χ3n) is 5.99. The van der Waals surface area contributed by atoms with Crippen LogP contribution in [0.5, 0.6) is 5.88 Å². The quantitative estimate of drug-likeness (QED) is 0.577. The van der Waals surface area contributed by atoms with Gasteiger partial charge in [-0.05, 0) is 19.4 Å². The van der Waals surface area contributed by atoms with E-state index in [0.29, 0.717) is 19.2 Å². The summed E-state index contributed by atoms with van der Waals surface area (Å²) in [5, 5.41) is 13.4. The molecule has 4 unspecified atom stereocenters. The summed E-state index contributed by atoms with van der Waals surface area (Å²) in [5.41, 5.74) is 3.53. The van der Waals surface area contributed by atoms with Gasteiger partial charge in [0.05, 0.1) is 32.4 Å². The standard InChI is InChI=1S/C23H28N4O5/c1-23(2)31-20-16(10-28)26-18(21(20)32-23)15-9-27(13-30-11-14-7-5-4-6-8-14)19-17(15)24-12-25-22(19)29-3/h4-9,12,16,18,20-21,26,28H,10-11,13H2,1-3H3. The van der Waals surface area contributed by atoms with Crippen molar-refractivity contribution in [3.8, 4) is 5.88 Å². The number of methoxy groups -OCH3 is 1. The maximum Gasteiger partial charge on any atom is 0.241 e. The highest BCUT2D eigenvalue weighted by molar-refractivity contribution is 5.84. The number of hydrogen-bond acceptors (Lipinski definition) is 8. The van der Waals surface area contributed by atoms with Crippen LogP contribution in [0.4, 0.5) is 0 Å². The first-order valence-electron chi connectivity index (χ1n) is 10.7. The van der Waals surface area contributed by atoms with Crippen LogP contribution in [-0.4, -0.2) is 57.4 Å². The summed E-state index contributed by atoms with van der Waals surface area (Å²) in [4.78, 5) is 8.84. The zero-order valence-electron chi connectivity index (χ0n) is 18.4. The Bertz CT molecular complexity index is 1090. The first-order chi connectivity index (χ1) is 15.5. The summed E-state index contributed by atoms with van der Waals surface area (Å²) >= 11 is 0. The van der Waals surface area contributed by atoms with Gasteiger partial charge >= 0.3 is 0 Å². The molecule has 0 aliphatic carbocycles. The summed E-state index contributed by atoms with van der Waals surface area (Å²) in [5.74, 6) is -0.242. The zero-order valence-corrected chi connectivity index (χ0v) is 18.4. The summed E-state index contributed by atoms with van der Waals surface area (Å²) in [7, 11) is 1.59. The lowest BCUT2D eigenvalue weighted by Crippen LogP contribution is -2.38. The van der Waals surface area contributed by atoms with Crippen molar-refractivity contribution in [2.24, 2.45) is 0 Å². The largest absolute Gasteiger partial charge is 0.479 e. The lowest BCUT2D eigenvalue weighted by molar-refractivity contribution is -0.157. The van der Waals surface area contributed by atoms with Gasteiger partial charge in [0, 0.05) is 11.8 Å². The van der Waals surface area contributed by atoms with E-state index < -0.39 is 5.79 Å². The molecule has 2 N–H and O–H groups in total. The van der Waals surface area contributed by atoms with Crippen molar-refractivity contribution in [1.29, 1.82) is 0 Å². The molecule has 4 heterocycles. The van der Waals surface area contributed by atoms with Gasteiger partial charge in [-0.1, -0.05) is 30.3 Å². The number of aliphatic hydroxyl groups excluding tert-OH is 1. The smallest absolute Gasteiger partial charge is 0.241 e. The predicted molar refractivity (Wildman–Crippen MR) is 116 cm³/mol. The molecule has 1 aromatic carbocycles. The van der Waals surface area contributed by atoms with Crippen molar-refractivity contribution in [1.82, 2.24) is 19.9 Å². The molecule has 2 aliphatic heterocycles. The van der Waals surface area contributed by atoms with Crippen LogP contribution in [-0.2, 0) is 27.5 Å². The Morgan fingerprint density at radius 3 is 2.69 bits per heavy atom. The first kappa shape index (κ1) is 21.3. The van der Waals surface area contributed by atoms with Gasteiger partial charge < -0.3 is 33.9 Å². The number of ether oxygens (including phenoxy) is 4. The summed E-state index contributed by atoms with van der Waals surface area (Å²) in [6, 6.07) is 9.57. The molecule has 0 amide bonds. The number of aromatic nitrogens is 3. The van der Waals surface area contributed by atoms with Gasteiger partial charge in [0.2, 0.25) is 5.88 Å². The molecule has 5 rings (SSSR count). The fourth-order valence-corrected chi connectivity index (χ4v) is 4.67. The van der Waals surface area contributed by atoms with Gasteiger partial charge in [0.25, 0.3) is 0 Å². The molecule has 9 heteroatoms. The van der Waals surface area contributed by atoms with E-state index in [1.165, 1.54) is 6.33 Å². The molecule has 9 nitrogen and oxygen atoms in total. The Labute approximate surface area is 186 Å². The maximum absolute atomic E-state index is 9.90. The van der Waals surface area contributed by atoms with Crippen LogP contribution in [0.25, 0.3) is 11.0 Å². The monoisotopic (exact) mass is 440 g/mol. The highest BCUT2D eigenvalue weighted by atomic mass is 16.8. The third-order valence-corrected chi connectivity index (χ3v) is 5.99. The van der Waals surface area contributed by atoms with E-state index in [-0.39, 0.29) is 30.9 Å². The minimum atomic E-state index is -0.715. The van der Waals surface area contributed by atoms with Crippen LogP contribution in [0.3, 0.4) is 0 Å². The molecule has 4 atom stereocenters. The van der Waals surface area contributed by atoms with Crippen LogP contribution in [0.2, 0.25) is 0 Å². The Morgan fingerprint density at radius 2 is 1.94 bits per heavy atom. The molecule has 3 aromatic rings. The molecular formula is C23H28N4O5. The number of fused-ring (bicyclic) bond motifs is 2. The average molecular weight is 441 g/mol. The SMILES string of the molecule is COc1ncnc2c(C3NC(CO)C4OC(C)(C)OC34)cn(COCc3ccccc3)c12. The molecule has 0 saturated carbocycles. The second kappa shape index (κ2) is 8.42. The van der Waals surface area contributed by atoms with Gasteiger partial charge in [-0.25, -0.2) is 4.98 Å². The van der Waals surface area contributed by atoms with Gasteiger partial charge in [-0.15, -0.1) is 0 Å². The topological polar surface area (TPSA) is 99.9 Å². The minimum absolute atomic E-state index is 0.0474. The van der Waals surface area contributed by atoms with Crippen LogP contribution < -0.4 is 10.1 Å². The second-order valence-electron chi connectivity index (χ2n) is 8.60. The maximum atomic E-state index is 9.90. The molecule has 170 valence electrons. The fourth-order valence-electron chi connectivity index (χ4n) is 4.67. The lowest BCUT2D eigenvalue weighted by atomic mass is 10.0. The average Bonchev–Trinajstić information content (AvgIpc) is 3.42. The Kier molecular flexibility index (Phi) is 5.60. The molecule has 2 aromatic heterocycles. The van der Waals surface area contributed by atoms with Crippen LogP contribution in [0.15, 0.2) is 42.9 Å². The van der Waals surface area contributed by atoms with Crippen LogP contribution in [0, 0.1) is 0 Å². The zero-order chi connectivity index (χ0) is 22.3. The van der Waals surface area contributed by atoms with Gasteiger partial charge in [-0.3, -0.25) is 0 Å². The Morgan fingerprint density at radius 1 is 1.16 bits per heavy atom. The van der Waals surface area contributed by atoms with Crippen molar-refractivity contribution in [2.75, 3.05) is 13.7 Å². The van der Waals surface area contributed by atoms with E-state index in [1.54, 1.807) is 7.11 Å². The number of nitrogens with zero attached hydrogens (tertiary/aromatic N) is 3. The van der Waals surface area contributed by atoms with Gasteiger partial charge in [-0.2, -0.15) is 4.98 Å². The van der Waals surface area contributed by atoms with Crippen molar-refractivity contribution < 1.29 is 24.1 Å². The van der Waals surface area contributed by atoms with Crippen molar-refractivity contribution >= 4 is 11.0 Å². The van der Waals surface area contributed by atoms with Crippen molar-refractivity contribution in [3.05, 3.63) is 54.0 Å². The van der Waals surface area contributed by atoms with E-state index in [0.717, 1.165) is 22.2 Å². The fraction of sp³-hybridized carbons (Fsp3) is 0.478. The lowest BCUT2D eigenvalue weighted by Gasteiger charge is -2.23. The van der Waals surface area contributed by atoms with E-state index in [4.69, 9.17) is 18.9 Å². The molecular weight excluding hydrogens is 412 g/mol. The highest BCUT2D eigenvalue weighted by Crippen LogP contribution is 2.43. The highest BCUT2D eigenvalue weighted by Gasteiger charge is 2.54. The number of rotatable bonds is 7. The summed E-state index contributed by atoms with van der Waals surface area (Å²) in [6.45, 7) is 4.53. The van der Waals surface area contributed by atoms with Gasteiger partial charge in [0.15, 0.2) is 5.79 Å². The van der Waals surface area contributed by atoms with Crippen LogP contribution >= 0.6 is 0 Å². The first-order valence-corrected chi connectivity index (χ1v) is 10.7. The third kappa shape index (κ3) is 3.76. The molecule has 32 heavy (non-hydrogen) atoms. The number of nitrogens with one attached hydrogen (secondary N) is 1. The number of hydrogen-bond donors (Lipinski definition) is 2. The van der Waals surface area contributed by atoms with E-state index >= 15 is 0 Å². The molecule has 0 spiro atoms. The van der Waals surface area contributed by atoms with Crippen molar-refractivity contribution in [2.45, 2.75) is 57.3 Å². The van der Waals surface area contributed by atoms with Crippen LogP contribution in [0.1, 0.15) is 31.0 Å². The minimum Gasteiger partial charge on any atom is -0.479 e. The molecule has 0 bridgehead atoms. The van der Waals surface area contributed by atoms with Gasteiger partial charge in [0.1, 0.15) is 36.3 Å². The number of benzene rings is 1. The summed E-state index contributed by atoms with van der Waals surface area (Å²) < 4.78 is 25.8. The summed E-state index contributed by atoms with van der Waals surface area (Å²) in [6.07, 6.45) is 2.98. The second-order valence-corrected chi connectivity index (χ2v) is 8.60. The normalized spacial score (nSPS) is 26.5. The van der Waals surface area contributed by atoms with E-state index in [9.17, 15) is 5.11 Å². The van der Waals surface area contributed by atoms with E-state index in [1.807, 2.05) is 54.9 Å².